The molecule has 1 N–H and O–H groups in total. The molecule has 2 heterocycles. The molecular weight excluding hydrogens is 280 g/mol. The number of hydrogen-bond acceptors (Lipinski definition) is 3. The van der Waals surface area contributed by atoms with Crippen molar-refractivity contribution in [3.05, 3.63) is 33.2 Å². The second-order valence-electron chi connectivity index (χ2n) is 5.07. The van der Waals surface area contributed by atoms with E-state index in [0.29, 0.717) is 12.1 Å². The average Bonchev–Trinajstić information content (AvgIpc) is 2.48. The number of nitrogens with zero attached hydrogens (tertiary/aromatic N) is 1. The Balaban J connectivity index is 1.90. The summed E-state index contributed by atoms with van der Waals surface area (Å²) in [4.78, 5) is 27.4. The molecule has 0 aromatic carbocycles. The van der Waals surface area contributed by atoms with Crippen molar-refractivity contribution in [2.45, 2.75) is 31.8 Å². The lowest BCUT2D eigenvalue weighted by Gasteiger charge is -2.25. The third kappa shape index (κ3) is 3.84. The smallest absolute Gasteiger partial charge is 0.266 e. The molecule has 0 aliphatic carbocycles. The van der Waals surface area contributed by atoms with Crippen molar-refractivity contribution in [3.63, 3.8) is 0 Å². The number of hydrogen-bond donors (Lipinski definition) is 1. The summed E-state index contributed by atoms with van der Waals surface area (Å²) in [6, 6.07) is 1.40. The largest absolute Gasteiger partial charge is 0.378 e. The van der Waals surface area contributed by atoms with Gasteiger partial charge in [0.2, 0.25) is 0 Å². The van der Waals surface area contributed by atoms with Crippen LogP contribution in [0.1, 0.15) is 36.0 Å². The first-order valence-corrected chi connectivity index (χ1v) is 7.21. The summed E-state index contributed by atoms with van der Waals surface area (Å²) in [7, 11) is 1.74. The Labute approximate surface area is 122 Å². The van der Waals surface area contributed by atoms with E-state index in [9.17, 15) is 9.59 Å². The molecule has 110 valence electrons. The maximum atomic E-state index is 12.2. The van der Waals surface area contributed by atoms with Gasteiger partial charge in [0.1, 0.15) is 5.02 Å². The van der Waals surface area contributed by atoms with Gasteiger partial charge in [0.15, 0.2) is 0 Å². The molecule has 0 bridgehead atoms. The second-order valence-corrected chi connectivity index (χ2v) is 5.48. The number of halogens is 1. The summed E-state index contributed by atoms with van der Waals surface area (Å²) in [5.74, 6) is -0.154. The van der Waals surface area contributed by atoms with E-state index < -0.39 is 0 Å². The van der Waals surface area contributed by atoms with E-state index in [1.54, 1.807) is 11.9 Å². The number of amides is 1. The van der Waals surface area contributed by atoms with Gasteiger partial charge < -0.3 is 14.6 Å². The van der Waals surface area contributed by atoms with Crippen LogP contribution in [-0.4, -0.2) is 42.1 Å². The van der Waals surface area contributed by atoms with Crippen molar-refractivity contribution in [1.29, 1.82) is 0 Å². The molecule has 1 aliphatic heterocycles. The maximum absolute atomic E-state index is 12.2. The SMILES string of the molecule is CN(CCC1CCCCO1)C(=O)c1c[nH]c(=O)c(Cl)c1. The van der Waals surface area contributed by atoms with Gasteiger partial charge in [-0.3, -0.25) is 9.59 Å². The number of nitrogens with one attached hydrogen (secondary N) is 1. The van der Waals surface area contributed by atoms with Crippen LogP contribution < -0.4 is 5.56 Å². The summed E-state index contributed by atoms with van der Waals surface area (Å²) < 4.78 is 5.64. The molecule has 0 saturated carbocycles. The fourth-order valence-corrected chi connectivity index (χ4v) is 2.45. The molecule has 1 aliphatic rings. The number of H-pyrrole nitrogens is 1. The number of pyridine rings is 1. The summed E-state index contributed by atoms with van der Waals surface area (Å²) in [6.45, 7) is 1.44. The minimum absolute atomic E-state index is 0.0277. The molecule has 1 amide bonds. The highest BCUT2D eigenvalue weighted by molar-refractivity contribution is 6.30. The third-order valence-corrected chi connectivity index (χ3v) is 3.79. The fraction of sp³-hybridized carbons (Fsp3) is 0.571. The number of aromatic nitrogens is 1. The van der Waals surface area contributed by atoms with E-state index in [4.69, 9.17) is 16.3 Å². The first kappa shape index (κ1) is 15.1. The molecule has 1 aromatic rings. The molecule has 1 atom stereocenters. The highest BCUT2D eigenvalue weighted by Gasteiger charge is 2.17. The van der Waals surface area contributed by atoms with Crippen LogP contribution in [0.2, 0.25) is 5.02 Å². The van der Waals surface area contributed by atoms with Crippen LogP contribution in [0.4, 0.5) is 0 Å². The Morgan fingerprint density at radius 1 is 1.55 bits per heavy atom. The van der Waals surface area contributed by atoms with Gasteiger partial charge in [-0.1, -0.05) is 11.6 Å². The van der Waals surface area contributed by atoms with Crippen molar-refractivity contribution < 1.29 is 9.53 Å². The first-order valence-electron chi connectivity index (χ1n) is 6.83. The van der Waals surface area contributed by atoms with Crippen LogP contribution in [0.15, 0.2) is 17.1 Å². The van der Waals surface area contributed by atoms with E-state index in [1.165, 1.54) is 18.7 Å². The van der Waals surface area contributed by atoms with E-state index >= 15 is 0 Å². The van der Waals surface area contributed by atoms with Crippen LogP contribution >= 0.6 is 11.6 Å². The van der Waals surface area contributed by atoms with Gasteiger partial charge in [-0.25, -0.2) is 0 Å². The van der Waals surface area contributed by atoms with Gasteiger partial charge in [-0.2, -0.15) is 0 Å². The third-order valence-electron chi connectivity index (χ3n) is 3.51. The van der Waals surface area contributed by atoms with Crippen LogP contribution in [0, 0.1) is 0 Å². The number of ether oxygens (including phenoxy) is 1. The lowest BCUT2D eigenvalue weighted by Crippen LogP contribution is -2.32. The van der Waals surface area contributed by atoms with Crippen molar-refractivity contribution in [2.24, 2.45) is 0 Å². The standard InChI is InChI=1S/C14H19ClN2O3/c1-17(6-5-11-4-2-3-7-20-11)14(19)10-8-12(15)13(18)16-9-10/h8-9,11H,2-7H2,1H3,(H,16,18). The topological polar surface area (TPSA) is 62.4 Å². The predicted molar refractivity (Wildman–Crippen MR) is 77.2 cm³/mol. The quantitative estimate of drug-likeness (QED) is 0.925. The summed E-state index contributed by atoms with van der Waals surface area (Å²) >= 11 is 5.73. The average molecular weight is 299 g/mol. The van der Waals surface area contributed by atoms with Crippen LogP contribution in [0.25, 0.3) is 0 Å². The number of aromatic amines is 1. The van der Waals surface area contributed by atoms with Crippen molar-refractivity contribution in [3.8, 4) is 0 Å². The van der Waals surface area contributed by atoms with Gasteiger partial charge in [-0.15, -0.1) is 0 Å². The maximum Gasteiger partial charge on any atom is 0.266 e. The Bertz CT molecular complexity index is 523. The second kappa shape index (κ2) is 6.90. The molecule has 1 fully saturated rings. The molecule has 1 saturated heterocycles. The molecule has 0 spiro atoms. The minimum Gasteiger partial charge on any atom is -0.378 e. The summed E-state index contributed by atoms with van der Waals surface area (Å²) in [5, 5.41) is 0.0277. The molecule has 6 heteroatoms. The number of carbonyl (C=O) groups is 1. The molecular formula is C14H19ClN2O3. The van der Waals surface area contributed by atoms with Gasteiger partial charge in [-0.05, 0) is 31.7 Å². The zero-order valence-corrected chi connectivity index (χ0v) is 12.3. The Hall–Kier alpha value is -1.33. The Kier molecular flexibility index (Phi) is 5.20. The van der Waals surface area contributed by atoms with E-state index in [2.05, 4.69) is 4.98 Å². The lowest BCUT2D eigenvalue weighted by atomic mass is 10.1. The lowest BCUT2D eigenvalue weighted by molar-refractivity contribution is 0.00709. The highest BCUT2D eigenvalue weighted by Crippen LogP contribution is 2.16. The molecule has 20 heavy (non-hydrogen) atoms. The molecule has 1 unspecified atom stereocenters. The molecule has 0 radical (unpaired) electrons. The van der Waals surface area contributed by atoms with Crippen molar-refractivity contribution >= 4 is 17.5 Å². The van der Waals surface area contributed by atoms with Crippen molar-refractivity contribution in [1.82, 2.24) is 9.88 Å². The van der Waals surface area contributed by atoms with Crippen LogP contribution in [0.5, 0.6) is 0 Å². The predicted octanol–water partition coefficient (Wildman–Crippen LogP) is 2.06. The van der Waals surface area contributed by atoms with Crippen LogP contribution in [-0.2, 0) is 4.74 Å². The van der Waals surface area contributed by atoms with Gasteiger partial charge in [0, 0.05) is 26.4 Å². The number of rotatable bonds is 4. The van der Waals surface area contributed by atoms with Crippen molar-refractivity contribution in [2.75, 3.05) is 20.2 Å². The first-order chi connectivity index (χ1) is 9.58. The number of carbonyl (C=O) groups excluding carboxylic acids is 1. The van der Waals surface area contributed by atoms with Gasteiger partial charge in [0.05, 0.1) is 11.7 Å². The summed E-state index contributed by atoms with van der Waals surface area (Å²) in [5.41, 5.74) is 0.00291. The van der Waals surface area contributed by atoms with E-state index in [1.807, 2.05) is 0 Å². The van der Waals surface area contributed by atoms with Gasteiger partial charge >= 0.3 is 0 Å². The summed E-state index contributed by atoms with van der Waals surface area (Å²) in [6.07, 6.45) is 5.85. The normalized spacial score (nSPS) is 18.8. The van der Waals surface area contributed by atoms with E-state index in [-0.39, 0.29) is 22.6 Å². The zero-order valence-electron chi connectivity index (χ0n) is 11.5. The van der Waals surface area contributed by atoms with Crippen LogP contribution in [0.3, 0.4) is 0 Å². The Morgan fingerprint density at radius 3 is 3.00 bits per heavy atom. The molecule has 1 aromatic heterocycles. The Morgan fingerprint density at radius 2 is 2.35 bits per heavy atom. The highest BCUT2D eigenvalue weighted by atomic mass is 35.5. The minimum atomic E-state index is -0.388. The molecule has 2 rings (SSSR count). The monoisotopic (exact) mass is 298 g/mol. The van der Waals surface area contributed by atoms with Gasteiger partial charge in [0.25, 0.3) is 11.5 Å². The van der Waals surface area contributed by atoms with E-state index in [0.717, 1.165) is 25.9 Å². The zero-order chi connectivity index (χ0) is 14.5. The fourth-order valence-electron chi connectivity index (χ4n) is 2.27. The molecule has 5 nitrogen and oxygen atoms in total.